The summed E-state index contributed by atoms with van der Waals surface area (Å²) in [6.45, 7) is 3.72. The molecule has 0 aromatic heterocycles. The minimum Gasteiger partial charge on any atom is -0.504 e. The Balaban J connectivity index is 2.45. The molecule has 0 spiro atoms. The number of phenols is 2. The van der Waals surface area contributed by atoms with Crippen LogP contribution in [-0.2, 0) is 0 Å². The van der Waals surface area contributed by atoms with Crippen molar-refractivity contribution in [1.82, 2.24) is 5.32 Å². The van der Waals surface area contributed by atoms with E-state index in [2.05, 4.69) is 5.32 Å². The Morgan fingerprint density at radius 1 is 1.44 bits per heavy atom. The Hall–Kier alpha value is -0.930. The fourth-order valence-corrected chi connectivity index (χ4v) is 2.54. The summed E-state index contributed by atoms with van der Waals surface area (Å²) in [5.41, 5.74) is 1.66. The summed E-state index contributed by atoms with van der Waals surface area (Å²) in [5.74, 6) is 0.0881. The van der Waals surface area contributed by atoms with E-state index in [1.807, 2.05) is 6.92 Å². The summed E-state index contributed by atoms with van der Waals surface area (Å²) < 4.78 is 0. The molecule has 88 valence electrons. The smallest absolute Gasteiger partial charge is 0.161 e. The Labute approximate surface area is 100 Å². The van der Waals surface area contributed by atoms with Gasteiger partial charge >= 0.3 is 0 Å². The highest BCUT2D eigenvalue weighted by atomic mass is 35.5. The van der Waals surface area contributed by atoms with Gasteiger partial charge in [0.15, 0.2) is 11.5 Å². The largest absolute Gasteiger partial charge is 0.504 e. The van der Waals surface area contributed by atoms with Gasteiger partial charge in [0.2, 0.25) is 0 Å². The van der Waals surface area contributed by atoms with Gasteiger partial charge in [0.1, 0.15) is 0 Å². The van der Waals surface area contributed by atoms with E-state index in [1.54, 1.807) is 0 Å². The lowest BCUT2D eigenvalue weighted by molar-refractivity contribution is 0.384. The maximum absolute atomic E-state index is 9.92. The number of aromatic hydroxyl groups is 2. The molecule has 1 atom stereocenters. The van der Waals surface area contributed by atoms with Gasteiger partial charge in [-0.3, -0.25) is 0 Å². The zero-order valence-electron chi connectivity index (χ0n) is 9.26. The predicted molar refractivity (Wildman–Crippen MR) is 64.4 cm³/mol. The molecule has 0 saturated carbocycles. The van der Waals surface area contributed by atoms with Gasteiger partial charge in [-0.1, -0.05) is 11.6 Å². The van der Waals surface area contributed by atoms with Gasteiger partial charge in [-0.2, -0.15) is 0 Å². The number of hydrogen-bond acceptors (Lipinski definition) is 3. The van der Waals surface area contributed by atoms with Crippen molar-refractivity contribution >= 4 is 11.6 Å². The van der Waals surface area contributed by atoms with Crippen molar-refractivity contribution < 1.29 is 10.2 Å². The molecule has 1 aromatic rings. The van der Waals surface area contributed by atoms with Crippen LogP contribution in [-0.4, -0.2) is 23.3 Å². The maximum Gasteiger partial charge on any atom is 0.161 e. The lowest BCUT2D eigenvalue weighted by atomic mass is 9.88. The zero-order valence-corrected chi connectivity index (χ0v) is 10.0. The van der Waals surface area contributed by atoms with E-state index in [4.69, 9.17) is 11.6 Å². The second-order valence-corrected chi connectivity index (χ2v) is 4.72. The van der Waals surface area contributed by atoms with Crippen molar-refractivity contribution in [2.45, 2.75) is 25.7 Å². The van der Waals surface area contributed by atoms with Crippen LogP contribution in [0.2, 0.25) is 5.02 Å². The highest BCUT2D eigenvalue weighted by Crippen LogP contribution is 2.41. The molecular formula is C12H16ClNO2. The Morgan fingerprint density at radius 2 is 2.19 bits per heavy atom. The summed E-state index contributed by atoms with van der Waals surface area (Å²) >= 11 is 6.02. The van der Waals surface area contributed by atoms with E-state index < -0.39 is 0 Å². The first-order valence-electron chi connectivity index (χ1n) is 5.53. The van der Waals surface area contributed by atoms with Gasteiger partial charge in [0.05, 0.1) is 0 Å². The van der Waals surface area contributed by atoms with E-state index >= 15 is 0 Å². The molecule has 1 heterocycles. The van der Waals surface area contributed by atoms with Crippen molar-refractivity contribution in [2.75, 3.05) is 13.1 Å². The minimum atomic E-state index is -0.129. The second kappa shape index (κ2) is 4.52. The monoisotopic (exact) mass is 241 g/mol. The zero-order chi connectivity index (χ0) is 11.7. The van der Waals surface area contributed by atoms with Crippen molar-refractivity contribution in [3.05, 3.63) is 22.2 Å². The molecule has 1 aromatic carbocycles. The van der Waals surface area contributed by atoms with Crippen LogP contribution in [0.25, 0.3) is 0 Å². The lowest BCUT2D eigenvalue weighted by Gasteiger charge is -2.26. The van der Waals surface area contributed by atoms with Crippen molar-refractivity contribution in [3.63, 3.8) is 0 Å². The number of piperidine rings is 1. The Morgan fingerprint density at radius 3 is 2.81 bits per heavy atom. The first kappa shape index (κ1) is 11.6. The number of rotatable bonds is 1. The molecule has 1 unspecified atom stereocenters. The molecule has 1 fully saturated rings. The average Bonchev–Trinajstić information content (AvgIpc) is 2.28. The van der Waals surface area contributed by atoms with Gasteiger partial charge in [0, 0.05) is 29.1 Å². The van der Waals surface area contributed by atoms with E-state index in [-0.39, 0.29) is 17.4 Å². The Bertz CT molecular complexity index is 374. The molecule has 0 amide bonds. The first-order valence-corrected chi connectivity index (χ1v) is 5.90. The van der Waals surface area contributed by atoms with Gasteiger partial charge in [-0.15, -0.1) is 0 Å². The average molecular weight is 242 g/mol. The highest BCUT2D eigenvalue weighted by Gasteiger charge is 2.23. The number of benzene rings is 1. The Kier molecular flexibility index (Phi) is 3.26. The molecule has 3 nitrogen and oxygen atoms in total. The molecule has 1 saturated heterocycles. The fraction of sp³-hybridized carbons (Fsp3) is 0.500. The summed E-state index contributed by atoms with van der Waals surface area (Å²) in [6.07, 6.45) is 2.10. The third kappa shape index (κ3) is 1.97. The first-order chi connectivity index (χ1) is 7.61. The van der Waals surface area contributed by atoms with Crippen LogP contribution in [0.1, 0.15) is 29.9 Å². The van der Waals surface area contributed by atoms with Crippen LogP contribution in [0, 0.1) is 6.92 Å². The number of halogens is 1. The van der Waals surface area contributed by atoms with Gasteiger partial charge < -0.3 is 15.5 Å². The molecule has 0 aliphatic carbocycles. The van der Waals surface area contributed by atoms with Crippen molar-refractivity contribution in [2.24, 2.45) is 0 Å². The van der Waals surface area contributed by atoms with Crippen LogP contribution in [0.4, 0.5) is 0 Å². The third-order valence-electron chi connectivity index (χ3n) is 3.23. The molecule has 1 aliphatic heterocycles. The third-order valence-corrected chi connectivity index (χ3v) is 3.62. The van der Waals surface area contributed by atoms with Gasteiger partial charge in [0.25, 0.3) is 0 Å². The molecule has 16 heavy (non-hydrogen) atoms. The van der Waals surface area contributed by atoms with E-state index in [1.165, 1.54) is 6.07 Å². The van der Waals surface area contributed by atoms with E-state index in [9.17, 15) is 10.2 Å². The van der Waals surface area contributed by atoms with Gasteiger partial charge in [-0.25, -0.2) is 0 Å². The number of hydrogen-bond donors (Lipinski definition) is 3. The molecule has 0 radical (unpaired) electrons. The normalized spacial score (nSPS) is 21.0. The molecule has 2 rings (SSSR count). The van der Waals surface area contributed by atoms with E-state index in [0.717, 1.165) is 37.1 Å². The summed E-state index contributed by atoms with van der Waals surface area (Å²) in [5, 5.41) is 23.3. The quantitative estimate of drug-likeness (QED) is 0.663. The van der Waals surface area contributed by atoms with Crippen LogP contribution >= 0.6 is 11.6 Å². The second-order valence-electron chi connectivity index (χ2n) is 4.31. The van der Waals surface area contributed by atoms with Crippen molar-refractivity contribution in [1.29, 1.82) is 0 Å². The number of nitrogens with one attached hydrogen (secondary N) is 1. The van der Waals surface area contributed by atoms with Crippen molar-refractivity contribution in [3.8, 4) is 11.5 Å². The summed E-state index contributed by atoms with van der Waals surface area (Å²) in [4.78, 5) is 0. The van der Waals surface area contributed by atoms with Crippen LogP contribution in [0.3, 0.4) is 0 Å². The maximum atomic E-state index is 9.92. The molecule has 4 heteroatoms. The standard InChI is InChI=1S/C12H16ClNO2/c1-7-9(13)5-10(15)12(16)11(7)8-3-2-4-14-6-8/h5,8,14-16H,2-4,6H2,1H3. The minimum absolute atomic E-state index is 0.0180. The lowest BCUT2D eigenvalue weighted by Crippen LogP contribution is -2.28. The SMILES string of the molecule is Cc1c(Cl)cc(O)c(O)c1C1CCCNC1. The molecule has 0 bridgehead atoms. The highest BCUT2D eigenvalue weighted by molar-refractivity contribution is 6.31. The topological polar surface area (TPSA) is 52.5 Å². The molecule has 1 aliphatic rings. The summed E-state index contributed by atoms with van der Waals surface area (Å²) in [7, 11) is 0. The molecule has 3 N–H and O–H groups in total. The predicted octanol–water partition coefficient (Wildman–Crippen LogP) is 2.53. The summed E-state index contributed by atoms with van der Waals surface area (Å²) in [6, 6.07) is 1.39. The van der Waals surface area contributed by atoms with Crippen LogP contribution in [0.15, 0.2) is 6.07 Å². The van der Waals surface area contributed by atoms with Crippen LogP contribution in [0.5, 0.6) is 11.5 Å². The van der Waals surface area contributed by atoms with Crippen LogP contribution < -0.4 is 5.32 Å². The number of phenolic OH excluding ortho intramolecular Hbond substituents is 2. The molecular weight excluding hydrogens is 226 g/mol. The fourth-order valence-electron chi connectivity index (χ4n) is 2.34. The van der Waals surface area contributed by atoms with E-state index in [0.29, 0.717) is 5.02 Å². The van der Waals surface area contributed by atoms with Gasteiger partial charge in [-0.05, 0) is 31.9 Å².